The highest BCUT2D eigenvalue weighted by Gasteiger charge is 2.29. The van der Waals surface area contributed by atoms with E-state index in [1.165, 1.54) is 44.3 Å². The third-order valence-electron chi connectivity index (χ3n) is 3.33. The van der Waals surface area contributed by atoms with Crippen LogP contribution in [-0.4, -0.2) is 57.5 Å². The van der Waals surface area contributed by atoms with E-state index in [0.717, 1.165) is 0 Å². The average Bonchev–Trinajstić information content (AvgIpc) is 2.50. The summed E-state index contributed by atoms with van der Waals surface area (Å²) < 4.78 is 32.1. The SMILES string of the molecule is COc1ccc(S(=O)(=O)NC(C(=O)O)C(C)C)cc1C(=O)N(C)C. The number of carboxylic acids is 1. The number of sulfonamides is 1. The quantitative estimate of drug-likeness (QED) is 0.745. The van der Waals surface area contributed by atoms with Crippen molar-refractivity contribution in [3.05, 3.63) is 23.8 Å². The van der Waals surface area contributed by atoms with E-state index in [0.29, 0.717) is 0 Å². The predicted molar refractivity (Wildman–Crippen MR) is 87.6 cm³/mol. The zero-order chi connectivity index (χ0) is 18.7. The number of hydrogen-bond donors (Lipinski definition) is 2. The first kappa shape index (κ1) is 19.9. The molecule has 24 heavy (non-hydrogen) atoms. The number of nitrogens with zero attached hydrogens (tertiary/aromatic N) is 1. The van der Waals surface area contributed by atoms with E-state index in [9.17, 15) is 18.0 Å². The van der Waals surface area contributed by atoms with Gasteiger partial charge in [0.1, 0.15) is 11.8 Å². The second-order valence-corrected chi connectivity index (χ2v) is 7.46. The van der Waals surface area contributed by atoms with Crippen molar-refractivity contribution >= 4 is 21.9 Å². The smallest absolute Gasteiger partial charge is 0.322 e. The summed E-state index contributed by atoms with van der Waals surface area (Å²) in [6.07, 6.45) is 0. The molecule has 0 bridgehead atoms. The van der Waals surface area contributed by atoms with Gasteiger partial charge in [0, 0.05) is 14.1 Å². The summed E-state index contributed by atoms with van der Waals surface area (Å²) in [5, 5.41) is 9.14. The van der Waals surface area contributed by atoms with Crippen LogP contribution in [0.1, 0.15) is 24.2 Å². The van der Waals surface area contributed by atoms with Crippen LogP contribution in [0.5, 0.6) is 5.75 Å². The number of hydrogen-bond acceptors (Lipinski definition) is 5. The van der Waals surface area contributed by atoms with E-state index in [2.05, 4.69) is 4.72 Å². The molecule has 1 amide bonds. The monoisotopic (exact) mass is 358 g/mol. The molecule has 8 nitrogen and oxygen atoms in total. The first-order chi connectivity index (χ1) is 11.0. The molecule has 0 radical (unpaired) electrons. The molecule has 0 aliphatic carbocycles. The number of benzene rings is 1. The van der Waals surface area contributed by atoms with Gasteiger partial charge in [-0.1, -0.05) is 13.8 Å². The highest BCUT2D eigenvalue weighted by atomic mass is 32.2. The summed E-state index contributed by atoms with van der Waals surface area (Å²) in [6.45, 7) is 3.19. The maximum absolute atomic E-state index is 12.5. The predicted octanol–water partition coefficient (Wildman–Crippen LogP) is 0.784. The van der Waals surface area contributed by atoms with Gasteiger partial charge in [-0.15, -0.1) is 0 Å². The van der Waals surface area contributed by atoms with Gasteiger partial charge in [-0.2, -0.15) is 4.72 Å². The molecule has 0 aliphatic heterocycles. The van der Waals surface area contributed by atoms with E-state index in [1.54, 1.807) is 13.8 Å². The molecule has 0 aromatic heterocycles. The lowest BCUT2D eigenvalue weighted by Crippen LogP contribution is -2.44. The van der Waals surface area contributed by atoms with E-state index in [4.69, 9.17) is 9.84 Å². The molecule has 9 heteroatoms. The molecule has 2 N–H and O–H groups in total. The van der Waals surface area contributed by atoms with E-state index < -0.39 is 33.9 Å². The van der Waals surface area contributed by atoms with E-state index >= 15 is 0 Å². The first-order valence-electron chi connectivity index (χ1n) is 7.16. The second kappa shape index (κ2) is 7.63. The molecule has 0 saturated heterocycles. The van der Waals surface area contributed by atoms with Crippen LogP contribution in [0, 0.1) is 5.92 Å². The van der Waals surface area contributed by atoms with Crippen molar-refractivity contribution in [2.75, 3.05) is 21.2 Å². The van der Waals surface area contributed by atoms with Crippen LogP contribution in [0.25, 0.3) is 0 Å². The minimum atomic E-state index is -4.11. The molecule has 1 rings (SSSR count). The number of aliphatic carboxylic acids is 1. The Kier molecular flexibility index (Phi) is 6.33. The fourth-order valence-electron chi connectivity index (χ4n) is 1.97. The number of carbonyl (C=O) groups excluding carboxylic acids is 1. The largest absolute Gasteiger partial charge is 0.496 e. The van der Waals surface area contributed by atoms with Gasteiger partial charge in [-0.05, 0) is 24.1 Å². The number of nitrogens with one attached hydrogen (secondary N) is 1. The van der Waals surface area contributed by atoms with Crippen LogP contribution in [0.3, 0.4) is 0 Å². The zero-order valence-electron chi connectivity index (χ0n) is 14.2. The maximum Gasteiger partial charge on any atom is 0.322 e. The lowest BCUT2D eigenvalue weighted by Gasteiger charge is -2.19. The van der Waals surface area contributed by atoms with E-state index in [1.807, 2.05) is 0 Å². The summed E-state index contributed by atoms with van der Waals surface area (Å²) in [5.74, 6) is -1.92. The minimum absolute atomic E-state index is 0.0711. The summed E-state index contributed by atoms with van der Waals surface area (Å²) in [7, 11) is 0.311. The molecule has 1 atom stereocenters. The lowest BCUT2D eigenvalue weighted by atomic mass is 10.1. The van der Waals surface area contributed by atoms with Crippen molar-refractivity contribution in [2.45, 2.75) is 24.8 Å². The molecule has 0 fully saturated rings. The minimum Gasteiger partial charge on any atom is -0.496 e. The number of carboxylic acid groups (broad SMARTS) is 1. The number of rotatable bonds is 7. The van der Waals surface area contributed by atoms with Gasteiger partial charge in [0.2, 0.25) is 10.0 Å². The average molecular weight is 358 g/mol. The molecule has 0 spiro atoms. The van der Waals surface area contributed by atoms with Crippen LogP contribution in [0.4, 0.5) is 0 Å². The first-order valence-corrected chi connectivity index (χ1v) is 8.64. The van der Waals surface area contributed by atoms with Gasteiger partial charge in [0.05, 0.1) is 17.6 Å². The Morgan fingerprint density at radius 2 is 1.83 bits per heavy atom. The van der Waals surface area contributed by atoms with Crippen LogP contribution in [0.15, 0.2) is 23.1 Å². The van der Waals surface area contributed by atoms with Gasteiger partial charge < -0.3 is 14.7 Å². The van der Waals surface area contributed by atoms with E-state index in [-0.39, 0.29) is 16.2 Å². The van der Waals surface area contributed by atoms with Crippen molar-refractivity contribution in [1.82, 2.24) is 9.62 Å². The summed E-state index contributed by atoms with van der Waals surface area (Å²) in [4.78, 5) is 24.5. The fourth-order valence-corrected chi connectivity index (χ4v) is 3.33. The molecule has 0 heterocycles. The number of ether oxygens (including phenoxy) is 1. The van der Waals surface area contributed by atoms with Gasteiger partial charge in [0.15, 0.2) is 0 Å². The highest BCUT2D eigenvalue weighted by molar-refractivity contribution is 7.89. The molecule has 1 aromatic rings. The van der Waals surface area contributed by atoms with Gasteiger partial charge in [-0.3, -0.25) is 9.59 Å². The second-order valence-electron chi connectivity index (χ2n) is 5.74. The Morgan fingerprint density at radius 1 is 1.25 bits per heavy atom. The van der Waals surface area contributed by atoms with Crippen molar-refractivity contribution in [1.29, 1.82) is 0 Å². The van der Waals surface area contributed by atoms with Crippen LogP contribution in [0.2, 0.25) is 0 Å². The summed E-state index contributed by atoms with van der Waals surface area (Å²) >= 11 is 0. The summed E-state index contributed by atoms with van der Waals surface area (Å²) in [5.41, 5.74) is 0.0711. The standard InChI is InChI=1S/C15H22N2O6S/c1-9(2)13(15(19)20)16-24(21,22)10-6-7-12(23-5)11(8-10)14(18)17(3)4/h6-9,13,16H,1-5H3,(H,19,20). The van der Waals surface area contributed by atoms with Crippen LogP contribution < -0.4 is 9.46 Å². The lowest BCUT2D eigenvalue weighted by molar-refractivity contribution is -0.140. The topological polar surface area (TPSA) is 113 Å². The number of methoxy groups -OCH3 is 1. The third kappa shape index (κ3) is 4.45. The highest BCUT2D eigenvalue weighted by Crippen LogP contribution is 2.24. The van der Waals surface area contributed by atoms with Crippen LogP contribution in [-0.2, 0) is 14.8 Å². The van der Waals surface area contributed by atoms with Gasteiger partial charge in [0.25, 0.3) is 5.91 Å². The summed E-state index contributed by atoms with van der Waals surface area (Å²) in [6, 6.07) is 2.51. The normalized spacial score (nSPS) is 12.8. The fraction of sp³-hybridized carbons (Fsp3) is 0.467. The van der Waals surface area contributed by atoms with Crippen molar-refractivity contribution in [3.8, 4) is 5.75 Å². The Labute approximate surface area is 141 Å². The third-order valence-corrected chi connectivity index (χ3v) is 4.77. The Hall–Kier alpha value is -2.13. The molecular formula is C15H22N2O6S. The molecular weight excluding hydrogens is 336 g/mol. The Balaban J connectivity index is 3.33. The molecule has 0 saturated carbocycles. The zero-order valence-corrected chi connectivity index (χ0v) is 15.0. The Bertz CT molecular complexity index is 727. The van der Waals surface area contributed by atoms with Gasteiger partial charge in [-0.25, -0.2) is 8.42 Å². The number of amides is 1. The molecule has 1 unspecified atom stereocenters. The van der Waals surface area contributed by atoms with Crippen molar-refractivity contribution in [2.24, 2.45) is 5.92 Å². The molecule has 0 aliphatic rings. The maximum atomic E-state index is 12.5. The van der Waals surface area contributed by atoms with Crippen LogP contribution >= 0.6 is 0 Å². The number of carbonyl (C=O) groups is 2. The Morgan fingerprint density at radius 3 is 2.25 bits per heavy atom. The van der Waals surface area contributed by atoms with Crippen molar-refractivity contribution < 1.29 is 27.9 Å². The molecule has 1 aromatic carbocycles. The van der Waals surface area contributed by atoms with Gasteiger partial charge >= 0.3 is 5.97 Å². The van der Waals surface area contributed by atoms with Crippen molar-refractivity contribution in [3.63, 3.8) is 0 Å². The molecule has 134 valence electrons.